The molecule has 1 amide bonds. The van der Waals surface area contributed by atoms with E-state index in [2.05, 4.69) is 19.1 Å². The third-order valence-electron chi connectivity index (χ3n) is 5.38. The van der Waals surface area contributed by atoms with Gasteiger partial charge in [0.1, 0.15) is 0 Å². The molecule has 0 bridgehead atoms. The average molecular weight is 420 g/mol. The Morgan fingerprint density at radius 1 is 1.03 bits per heavy atom. The van der Waals surface area contributed by atoms with Crippen molar-refractivity contribution in [1.82, 2.24) is 4.90 Å². The van der Waals surface area contributed by atoms with Crippen LogP contribution in [-0.4, -0.2) is 31.6 Å². The SMILES string of the molecule is COc1cc2c(cc1OC)CN(C(=O)/C(=C/c1cccc(C)c1)c1cccs1)CC2. The van der Waals surface area contributed by atoms with E-state index in [0.717, 1.165) is 33.7 Å². The standard InChI is InChI=1S/C25H25NO3S/c1-17-6-4-7-18(12-17)13-21(24-8-5-11-30-24)25(27)26-10-9-19-14-22(28-2)23(29-3)15-20(19)16-26/h4-8,11-15H,9-10,16H2,1-3H3/b21-13+. The van der Waals surface area contributed by atoms with Crippen LogP contribution in [0.15, 0.2) is 53.9 Å². The topological polar surface area (TPSA) is 38.8 Å². The quantitative estimate of drug-likeness (QED) is 0.534. The summed E-state index contributed by atoms with van der Waals surface area (Å²) in [5, 5.41) is 2.01. The lowest BCUT2D eigenvalue weighted by molar-refractivity contribution is -0.125. The van der Waals surface area contributed by atoms with Gasteiger partial charge in [-0.3, -0.25) is 4.79 Å². The van der Waals surface area contributed by atoms with Gasteiger partial charge in [0.05, 0.1) is 19.8 Å². The summed E-state index contributed by atoms with van der Waals surface area (Å²) in [6.45, 7) is 3.30. The van der Waals surface area contributed by atoms with Crippen LogP contribution in [0.4, 0.5) is 0 Å². The van der Waals surface area contributed by atoms with Crippen molar-refractivity contribution in [2.75, 3.05) is 20.8 Å². The minimum absolute atomic E-state index is 0.0550. The Labute approximate surface area is 181 Å². The highest BCUT2D eigenvalue weighted by atomic mass is 32.1. The van der Waals surface area contributed by atoms with Crippen LogP contribution in [-0.2, 0) is 17.8 Å². The van der Waals surface area contributed by atoms with E-state index >= 15 is 0 Å². The first-order chi connectivity index (χ1) is 14.6. The lowest BCUT2D eigenvalue weighted by Gasteiger charge is -2.30. The number of nitrogens with zero attached hydrogens (tertiary/aromatic N) is 1. The number of hydrogen-bond acceptors (Lipinski definition) is 4. The Morgan fingerprint density at radius 2 is 1.80 bits per heavy atom. The second-order valence-corrected chi connectivity index (χ2v) is 8.35. The molecule has 0 aliphatic carbocycles. The Morgan fingerprint density at radius 3 is 2.47 bits per heavy atom. The van der Waals surface area contributed by atoms with Crippen molar-refractivity contribution in [3.8, 4) is 11.5 Å². The molecule has 0 saturated carbocycles. The van der Waals surface area contributed by atoms with Crippen LogP contribution in [0, 0.1) is 6.92 Å². The molecule has 154 valence electrons. The Kier molecular flexibility index (Phi) is 5.91. The fraction of sp³-hybridized carbons (Fsp3) is 0.240. The smallest absolute Gasteiger partial charge is 0.255 e. The minimum Gasteiger partial charge on any atom is -0.493 e. The third kappa shape index (κ3) is 4.12. The fourth-order valence-corrected chi connectivity index (χ4v) is 4.56. The first-order valence-electron chi connectivity index (χ1n) is 9.94. The molecule has 4 nitrogen and oxygen atoms in total. The van der Waals surface area contributed by atoms with Crippen molar-refractivity contribution in [1.29, 1.82) is 0 Å². The second kappa shape index (κ2) is 8.76. The monoisotopic (exact) mass is 419 g/mol. The summed E-state index contributed by atoms with van der Waals surface area (Å²) in [4.78, 5) is 16.5. The van der Waals surface area contributed by atoms with Gasteiger partial charge in [0.15, 0.2) is 11.5 Å². The number of ether oxygens (including phenoxy) is 2. The highest BCUT2D eigenvalue weighted by Crippen LogP contribution is 2.34. The zero-order chi connectivity index (χ0) is 21.1. The number of methoxy groups -OCH3 is 2. The number of hydrogen-bond donors (Lipinski definition) is 0. The molecule has 0 unspecified atom stereocenters. The number of fused-ring (bicyclic) bond motifs is 1. The Balaban J connectivity index is 1.66. The summed E-state index contributed by atoms with van der Waals surface area (Å²) >= 11 is 1.59. The number of rotatable bonds is 5. The van der Waals surface area contributed by atoms with Crippen LogP contribution in [0.25, 0.3) is 11.6 Å². The van der Waals surface area contributed by atoms with Gasteiger partial charge < -0.3 is 14.4 Å². The normalized spacial score (nSPS) is 13.7. The van der Waals surface area contributed by atoms with Crippen molar-refractivity contribution in [3.05, 3.63) is 81.0 Å². The molecular weight excluding hydrogens is 394 g/mol. The molecule has 0 atom stereocenters. The van der Waals surface area contributed by atoms with Gasteiger partial charge in [-0.1, -0.05) is 35.9 Å². The molecule has 0 spiro atoms. The van der Waals surface area contributed by atoms with Crippen LogP contribution in [0.1, 0.15) is 27.1 Å². The fourth-order valence-electron chi connectivity index (χ4n) is 3.82. The van der Waals surface area contributed by atoms with Gasteiger partial charge in [-0.05, 0) is 59.7 Å². The highest BCUT2D eigenvalue weighted by molar-refractivity contribution is 7.11. The molecule has 5 heteroatoms. The zero-order valence-electron chi connectivity index (χ0n) is 17.5. The van der Waals surface area contributed by atoms with E-state index in [1.807, 2.05) is 52.8 Å². The first kappa shape index (κ1) is 20.2. The molecule has 1 aromatic heterocycles. The molecule has 4 rings (SSSR count). The van der Waals surface area contributed by atoms with Crippen LogP contribution in [0.2, 0.25) is 0 Å². The number of thiophene rings is 1. The van der Waals surface area contributed by atoms with E-state index in [-0.39, 0.29) is 5.91 Å². The summed E-state index contributed by atoms with van der Waals surface area (Å²) in [7, 11) is 3.28. The zero-order valence-corrected chi connectivity index (χ0v) is 18.3. The van der Waals surface area contributed by atoms with Crippen molar-refractivity contribution in [2.45, 2.75) is 19.9 Å². The van der Waals surface area contributed by atoms with Gasteiger partial charge in [-0.2, -0.15) is 0 Å². The molecule has 2 aromatic carbocycles. The number of carbonyl (C=O) groups is 1. The van der Waals surface area contributed by atoms with Gasteiger partial charge >= 0.3 is 0 Å². The summed E-state index contributed by atoms with van der Waals surface area (Å²) in [6.07, 6.45) is 2.80. The van der Waals surface area contributed by atoms with Gasteiger partial charge in [0.25, 0.3) is 5.91 Å². The first-order valence-corrected chi connectivity index (χ1v) is 10.8. The van der Waals surface area contributed by atoms with E-state index in [9.17, 15) is 4.79 Å². The predicted octanol–water partition coefficient (Wildman–Crippen LogP) is 5.20. The van der Waals surface area contributed by atoms with Crippen LogP contribution in [0.5, 0.6) is 11.5 Å². The summed E-state index contributed by atoms with van der Waals surface area (Å²) < 4.78 is 10.9. The van der Waals surface area contributed by atoms with Gasteiger partial charge in [0, 0.05) is 18.0 Å². The maximum atomic E-state index is 13.6. The molecule has 0 N–H and O–H groups in total. The largest absolute Gasteiger partial charge is 0.493 e. The van der Waals surface area contributed by atoms with Crippen LogP contribution < -0.4 is 9.47 Å². The summed E-state index contributed by atoms with van der Waals surface area (Å²) in [6, 6.07) is 16.2. The molecule has 30 heavy (non-hydrogen) atoms. The van der Waals surface area contributed by atoms with Crippen LogP contribution >= 0.6 is 11.3 Å². The number of amides is 1. The lowest BCUT2D eigenvalue weighted by atomic mass is 9.97. The predicted molar refractivity (Wildman–Crippen MR) is 122 cm³/mol. The third-order valence-corrected chi connectivity index (χ3v) is 6.28. The molecule has 2 heterocycles. The second-order valence-electron chi connectivity index (χ2n) is 7.40. The molecule has 0 fully saturated rings. The van der Waals surface area contributed by atoms with Crippen molar-refractivity contribution >= 4 is 28.9 Å². The van der Waals surface area contributed by atoms with Crippen LogP contribution in [0.3, 0.4) is 0 Å². The Bertz CT molecular complexity index is 1090. The average Bonchev–Trinajstić information content (AvgIpc) is 3.30. The van der Waals surface area contributed by atoms with E-state index in [4.69, 9.17) is 9.47 Å². The van der Waals surface area contributed by atoms with Crippen molar-refractivity contribution < 1.29 is 14.3 Å². The molecule has 0 saturated heterocycles. The maximum Gasteiger partial charge on any atom is 0.255 e. The highest BCUT2D eigenvalue weighted by Gasteiger charge is 2.26. The van der Waals surface area contributed by atoms with E-state index < -0.39 is 0 Å². The maximum absolute atomic E-state index is 13.6. The molecular formula is C25H25NO3S. The summed E-state index contributed by atoms with van der Waals surface area (Å²) in [5.41, 5.74) is 5.26. The molecule has 0 radical (unpaired) electrons. The van der Waals surface area contributed by atoms with E-state index in [0.29, 0.717) is 18.8 Å². The van der Waals surface area contributed by atoms with Gasteiger partial charge in [-0.25, -0.2) is 0 Å². The number of aryl methyl sites for hydroxylation is 1. The molecule has 1 aliphatic heterocycles. The van der Waals surface area contributed by atoms with Gasteiger partial charge in [-0.15, -0.1) is 11.3 Å². The van der Waals surface area contributed by atoms with Gasteiger partial charge in [0.2, 0.25) is 0 Å². The van der Waals surface area contributed by atoms with E-state index in [1.54, 1.807) is 25.6 Å². The van der Waals surface area contributed by atoms with Crippen molar-refractivity contribution in [2.24, 2.45) is 0 Å². The minimum atomic E-state index is 0.0550. The summed E-state index contributed by atoms with van der Waals surface area (Å²) in [5.74, 6) is 1.48. The number of benzene rings is 2. The molecule has 1 aliphatic rings. The Hall–Kier alpha value is -3.05. The molecule has 3 aromatic rings. The van der Waals surface area contributed by atoms with Crippen molar-refractivity contribution in [3.63, 3.8) is 0 Å². The number of carbonyl (C=O) groups excluding carboxylic acids is 1. The van der Waals surface area contributed by atoms with E-state index in [1.165, 1.54) is 11.1 Å². The lowest BCUT2D eigenvalue weighted by Crippen LogP contribution is -2.36.